The van der Waals surface area contributed by atoms with Gasteiger partial charge in [-0.1, -0.05) is 0 Å². The van der Waals surface area contributed by atoms with E-state index in [0.29, 0.717) is 6.04 Å². The smallest absolute Gasteiger partial charge is 0.341 e. The van der Waals surface area contributed by atoms with Crippen LogP contribution < -0.4 is 4.90 Å². The van der Waals surface area contributed by atoms with E-state index in [1.807, 2.05) is 0 Å². The lowest BCUT2D eigenvalue weighted by atomic mass is 10.4. The molecule has 0 atom stereocenters. The van der Waals surface area contributed by atoms with Crippen molar-refractivity contribution in [1.82, 2.24) is 9.97 Å². The molecule has 0 aromatic carbocycles. The normalized spacial score (nSPS) is 16.5. The topological polar surface area (TPSA) is 29.0 Å². The quantitative estimate of drug-likeness (QED) is 0.759. The Morgan fingerprint density at radius 2 is 2.07 bits per heavy atom. The van der Waals surface area contributed by atoms with E-state index in [1.54, 1.807) is 11.9 Å². The van der Waals surface area contributed by atoms with Gasteiger partial charge in [-0.2, -0.15) is 13.2 Å². The summed E-state index contributed by atoms with van der Waals surface area (Å²) in [6, 6.07) is 1.18. The molecule has 0 unspecified atom stereocenters. The Hall–Kier alpha value is -1.33. The van der Waals surface area contributed by atoms with Gasteiger partial charge in [-0.15, -0.1) is 0 Å². The zero-order chi connectivity index (χ0) is 11.1. The van der Waals surface area contributed by atoms with E-state index in [9.17, 15) is 13.2 Å². The molecule has 1 heterocycles. The van der Waals surface area contributed by atoms with Crippen molar-refractivity contribution in [1.29, 1.82) is 0 Å². The number of alkyl halides is 3. The highest BCUT2D eigenvalue weighted by Gasteiger charge is 2.34. The minimum Gasteiger partial charge on any atom is -0.341 e. The largest absolute Gasteiger partial charge is 0.433 e. The van der Waals surface area contributed by atoms with Crippen LogP contribution >= 0.6 is 0 Å². The molecule has 1 aliphatic carbocycles. The van der Waals surface area contributed by atoms with Crippen LogP contribution in [-0.2, 0) is 6.18 Å². The molecule has 0 spiro atoms. The lowest BCUT2D eigenvalue weighted by Crippen LogP contribution is -2.23. The molecule has 0 bridgehead atoms. The molecule has 0 amide bonds. The van der Waals surface area contributed by atoms with Crippen molar-refractivity contribution in [3.05, 3.63) is 18.0 Å². The first-order valence-corrected chi connectivity index (χ1v) is 4.61. The molecule has 0 radical (unpaired) electrons. The van der Waals surface area contributed by atoms with Crippen LogP contribution in [0.15, 0.2) is 12.3 Å². The van der Waals surface area contributed by atoms with E-state index < -0.39 is 11.9 Å². The van der Waals surface area contributed by atoms with E-state index >= 15 is 0 Å². The van der Waals surface area contributed by atoms with Gasteiger partial charge in [0.05, 0.1) is 0 Å². The first-order chi connectivity index (χ1) is 6.98. The van der Waals surface area contributed by atoms with Crippen molar-refractivity contribution >= 4 is 5.95 Å². The molecular weight excluding hydrogens is 207 g/mol. The summed E-state index contributed by atoms with van der Waals surface area (Å²) in [7, 11) is 1.72. The SMILES string of the molecule is CN(c1nccc(C(F)(F)F)n1)C1CC1. The summed E-state index contributed by atoms with van der Waals surface area (Å²) in [5.74, 6) is 0.146. The van der Waals surface area contributed by atoms with Crippen molar-refractivity contribution in [3.63, 3.8) is 0 Å². The Morgan fingerprint density at radius 1 is 1.40 bits per heavy atom. The van der Waals surface area contributed by atoms with Crippen molar-refractivity contribution in [2.24, 2.45) is 0 Å². The Bertz CT molecular complexity index is 360. The van der Waals surface area contributed by atoms with E-state index in [1.165, 1.54) is 0 Å². The van der Waals surface area contributed by atoms with Gasteiger partial charge in [-0.25, -0.2) is 9.97 Å². The molecule has 1 saturated carbocycles. The second kappa shape index (κ2) is 3.36. The van der Waals surface area contributed by atoms with Crippen LogP contribution in [0.4, 0.5) is 19.1 Å². The predicted molar refractivity (Wildman–Crippen MR) is 48.5 cm³/mol. The number of nitrogens with zero attached hydrogens (tertiary/aromatic N) is 3. The third-order valence-corrected chi connectivity index (χ3v) is 2.34. The minimum atomic E-state index is -4.40. The van der Waals surface area contributed by atoms with Crippen molar-refractivity contribution in [2.45, 2.75) is 25.1 Å². The number of aromatic nitrogens is 2. The second-order valence-electron chi connectivity index (χ2n) is 3.58. The van der Waals surface area contributed by atoms with E-state index in [-0.39, 0.29) is 5.95 Å². The molecule has 15 heavy (non-hydrogen) atoms. The fourth-order valence-electron chi connectivity index (χ4n) is 1.30. The molecule has 6 heteroatoms. The highest BCUT2D eigenvalue weighted by atomic mass is 19.4. The molecule has 1 fully saturated rings. The standard InChI is InChI=1S/C9H10F3N3/c1-15(6-2-3-6)8-13-5-4-7(14-8)9(10,11)12/h4-6H,2-3H2,1H3. The van der Waals surface area contributed by atoms with E-state index in [4.69, 9.17) is 0 Å². The van der Waals surface area contributed by atoms with Crippen LogP contribution in [0.25, 0.3) is 0 Å². The van der Waals surface area contributed by atoms with Crippen LogP contribution in [-0.4, -0.2) is 23.1 Å². The third-order valence-electron chi connectivity index (χ3n) is 2.34. The zero-order valence-corrected chi connectivity index (χ0v) is 8.12. The maximum Gasteiger partial charge on any atom is 0.433 e. The van der Waals surface area contributed by atoms with Crippen LogP contribution in [0.1, 0.15) is 18.5 Å². The molecular formula is C9H10F3N3. The van der Waals surface area contributed by atoms with E-state index in [2.05, 4.69) is 9.97 Å². The third kappa shape index (κ3) is 2.19. The molecule has 2 rings (SSSR count). The number of halogens is 3. The summed E-state index contributed by atoms with van der Waals surface area (Å²) in [6.45, 7) is 0. The summed E-state index contributed by atoms with van der Waals surface area (Å²) >= 11 is 0. The van der Waals surface area contributed by atoms with Gasteiger partial charge < -0.3 is 4.90 Å². The number of rotatable bonds is 2. The number of anilines is 1. The molecule has 82 valence electrons. The van der Waals surface area contributed by atoms with Gasteiger partial charge in [0.15, 0.2) is 0 Å². The molecule has 3 nitrogen and oxygen atoms in total. The van der Waals surface area contributed by atoms with Crippen LogP contribution in [0.3, 0.4) is 0 Å². The Labute approximate surface area is 84.9 Å². The second-order valence-corrected chi connectivity index (χ2v) is 3.58. The van der Waals surface area contributed by atoms with Gasteiger partial charge in [0.2, 0.25) is 5.95 Å². The Kier molecular flexibility index (Phi) is 2.28. The number of hydrogen-bond donors (Lipinski definition) is 0. The van der Waals surface area contributed by atoms with E-state index in [0.717, 1.165) is 25.1 Å². The maximum absolute atomic E-state index is 12.3. The minimum absolute atomic E-state index is 0.146. The summed E-state index contributed by atoms with van der Waals surface area (Å²) in [5, 5.41) is 0. The predicted octanol–water partition coefficient (Wildman–Crippen LogP) is 2.09. The highest BCUT2D eigenvalue weighted by Crippen LogP contribution is 2.31. The molecule has 0 N–H and O–H groups in total. The summed E-state index contributed by atoms with van der Waals surface area (Å²) in [6.07, 6.45) is -1.27. The maximum atomic E-state index is 12.3. The average molecular weight is 217 g/mol. The van der Waals surface area contributed by atoms with Crippen LogP contribution in [0.2, 0.25) is 0 Å². The van der Waals surface area contributed by atoms with Crippen LogP contribution in [0, 0.1) is 0 Å². The van der Waals surface area contributed by atoms with Gasteiger partial charge in [0, 0.05) is 19.3 Å². The molecule has 1 aromatic rings. The highest BCUT2D eigenvalue weighted by molar-refractivity contribution is 5.33. The first-order valence-electron chi connectivity index (χ1n) is 4.61. The lowest BCUT2D eigenvalue weighted by molar-refractivity contribution is -0.141. The summed E-state index contributed by atoms with van der Waals surface area (Å²) in [4.78, 5) is 9.01. The summed E-state index contributed by atoms with van der Waals surface area (Å²) < 4.78 is 37.0. The monoisotopic (exact) mass is 217 g/mol. The molecule has 0 aliphatic heterocycles. The van der Waals surface area contributed by atoms with Crippen molar-refractivity contribution < 1.29 is 13.2 Å². The summed E-state index contributed by atoms with van der Waals surface area (Å²) in [5.41, 5.74) is -0.889. The van der Waals surface area contributed by atoms with Gasteiger partial charge in [-0.05, 0) is 18.9 Å². The average Bonchev–Trinajstić information content (AvgIpc) is 2.99. The fourth-order valence-corrected chi connectivity index (χ4v) is 1.30. The number of hydrogen-bond acceptors (Lipinski definition) is 3. The van der Waals surface area contributed by atoms with Gasteiger partial charge in [0.25, 0.3) is 0 Å². The molecule has 1 aromatic heterocycles. The van der Waals surface area contributed by atoms with Crippen LogP contribution in [0.5, 0.6) is 0 Å². The lowest BCUT2D eigenvalue weighted by Gasteiger charge is -2.16. The van der Waals surface area contributed by atoms with Crippen molar-refractivity contribution in [3.8, 4) is 0 Å². The fraction of sp³-hybridized carbons (Fsp3) is 0.556. The zero-order valence-electron chi connectivity index (χ0n) is 8.12. The Morgan fingerprint density at radius 3 is 2.60 bits per heavy atom. The molecule has 0 saturated heterocycles. The van der Waals surface area contributed by atoms with Gasteiger partial charge in [0.1, 0.15) is 5.69 Å². The Balaban J connectivity index is 2.25. The van der Waals surface area contributed by atoms with Gasteiger partial charge in [-0.3, -0.25) is 0 Å². The first kappa shape index (κ1) is 10.2. The van der Waals surface area contributed by atoms with Gasteiger partial charge >= 0.3 is 6.18 Å². The molecule has 1 aliphatic rings. The van der Waals surface area contributed by atoms with Crippen molar-refractivity contribution in [2.75, 3.05) is 11.9 Å².